The van der Waals surface area contributed by atoms with E-state index in [1.165, 1.54) is 0 Å². The number of nitrogens with one attached hydrogen (secondary N) is 1. The molecule has 0 aromatic heterocycles. The third-order valence-corrected chi connectivity index (χ3v) is 2.90. The third kappa shape index (κ3) is 4.16. The number of hydrogen-bond donors (Lipinski definition) is 2. The monoisotopic (exact) mass is 283 g/mol. The van der Waals surface area contributed by atoms with Crippen LogP contribution in [0.1, 0.15) is 18.5 Å². The Bertz CT molecular complexity index is 390. The number of halogens is 1. The Morgan fingerprint density at radius 2 is 2.25 bits per heavy atom. The van der Waals surface area contributed by atoms with Crippen molar-refractivity contribution in [2.75, 3.05) is 6.54 Å². The minimum atomic E-state index is -0.921. The maximum atomic E-state index is 10.2. The molecule has 0 radical (unpaired) electrons. The fraction of sp³-hybridized carbons (Fsp3) is 0.250. The molecule has 1 aromatic carbocycles. The Morgan fingerprint density at radius 3 is 2.88 bits per heavy atom. The first-order valence-corrected chi connectivity index (χ1v) is 5.78. The molecule has 0 saturated heterocycles. The molecule has 0 spiro atoms. The van der Waals surface area contributed by atoms with Crippen molar-refractivity contribution >= 4 is 21.9 Å². The van der Waals surface area contributed by atoms with Gasteiger partial charge in [0.1, 0.15) is 0 Å². The summed E-state index contributed by atoms with van der Waals surface area (Å²) in [6.45, 7) is 2.57. The van der Waals surface area contributed by atoms with Crippen LogP contribution in [0.2, 0.25) is 0 Å². The number of hydrogen-bond acceptors (Lipinski definition) is 2. The summed E-state index contributed by atoms with van der Waals surface area (Å²) in [7, 11) is 0. The van der Waals surface area contributed by atoms with Crippen LogP contribution < -0.4 is 5.32 Å². The van der Waals surface area contributed by atoms with Crippen molar-refractivity contribution < 1.29 is 9.90 Å². The van der Waals surface area contributed by atoms with Gasteiger partial charge >= 0.3 is 5.97 Å². The van der Waals surface area contributed by atoms with E-state index in [9.17, 15) is 4.79 Å². The van der Waals surface area contributed by atoms with E-state index >= 15 is 0 Å². The molecule has 0 bridgehead atoms. The van der Waals surface area contributed by atoms with Gasteiger partial charge in [0.15, 0.2) is 0 Å². The van der Waals surface area contributed by atoms with Crippen molar-refractivity contribution in [3.05, 3.63) is 46.5 Å². The average molecular weight is 284 g/mol. The van der Waals surface area contributed by atoms with Crippen molar-refractivity contribution in [2.45, 2.75) is 13.0 Å². The van der Waals surface area contributed by atoms with Gasteiger partial charge in [-0.15, -0.1) is 0 Å². The second-order valence-corrected chi connectivity index (χ2v) is 4.25. The summed E-state index contributed by atoms with van der Waals surface area (Å²) in [6.07, 6.45) is 2.73. The summed E-state index contributed by atoms with van der Waals surface area (Å²) >= 11 is 3.48. The summed E-state index contributed by atoms with van der Waals surface area (Å²) in [5, 5.41) is 11.6. The standard InChI is InChI=1S/C12H14BrNO2/c1-9(14-8-4-7-12(15)16)10-5-2-3-6-11(10)13/h2-7,9,14H,8H2,1H3,(H,15,16)/b7-4+/t9-/m1/s1. The predicted octanol–water partition coefficient (Wildman–Crippen LogP) is 2.74. The van der Waals surface area contributed by atoms with Gasteiger partial charge in [-0.05, 0) is 18.6 Å². The van der Waals surface area contributed by atoms with Gasteiger partial charge in [0.25, 0.3) is 0 Å². The van der Waals surface area contributed by atoms with Crippen molar-refractivity contribution in [1.29, 1.82) is 0 Å². The maximum Gasteiger partial charge on any atom is 0.328 e. The molecule has 0 fully saturated rings. The zero-order valence-electron chi connectivity index (χ0n) is 8.98. The smallest absolute Gasteiger partial charge is 0.328 e. The average Bonchev–Trinajstić information content (AvgIpc) is 2.24. The lowest BCUT2D eigenvalue weighted by Gasteiger charge is -2.14. The van der Waals surface area contributed by atoms with Crippen molar-refractivity contribution in [2.24, 2.45) is 0 Å². The fourth-order valence-corrected chi connectivity index (χ4v) is 1.97. The van der Waals surface area contributed by atoms with E-state index in [1.807, 2.05) is 31.2 Å². The lowest BCUT2D eigenvalue weighted by Crippen LogP contribution is -2.19. The van der Waals surface area contributed by atoms with E-state index in [0.717, 1.165) is 16.1 Å². The third-order valence-electron chi connectivity index (χ3n) is 2.17. The second kappa shape index (κ2) is 6.45. The quantitative estimate of drug-likeness (QED) is 0.817. The second-order valence-electron chi connectivity index (χ2n) is 3.39. The molecule has 16 heavy (non-hydrogen) atoms. The van der Waals surface area contributed by atoms with Gasteiger partial charge in [-0.2, -0.15) is 0 Å². The number of carbonyl (C=O) groups is 1. The van der Waals surface area contributed by atoms with Gasteiger partial charge in [0, 0.05) is 23.1 Å². The molecule has 0 aliphatic heterocycles. The van der Waals surface area contributed by atoms with Crippen LogP contribution in [-0.4, -0.2) is 17.6 Å². The minimum Gasteiger partial charge on any atom is -0.478 e. The zero-order valence-corrected chi connectivity index (χ0v) is 10.6. The summed E-state index contributed by atoms with van der Waals surface area (Å²) in [5.74, 6) is -0.921. The van der Waals surface area contributed by atoms with Gasteiger partial charge in [-0.1, -0.05) is 40.2 Å². The summed E-state index contributed by atoms with van der Waals surface area (Å²) in [4.78, 5) is 10.2. The number of aliphatic carboxylic acids is 1. The molecule has 86 valence electrons. The van der Waals surface area contributed by atoms with Crippen molar-refractivity contribution in [1.82, 2.24) is 5.32 Å². The number of carboxylic acid groups (broad SMARTS) is 1. The van der Waals surface area contributed by atoms with E-state index in [0.29, 0.717) is 6.54 Å². The molecule has 1 aromatic rings. The Balaban J connectivity index is 2.50. The van der Waals surface area contributed by atoms with Crippen LogP contribution in [0.25, 0.3) is 0 Å². The first-order valence-electron chi connectivity index (χ1n) is 4.98. The highest BCUT2D eigenvalue weighted by Gasteiger charge is 2.06. The zero-order chi connectivity index (χ0) is 12.0. The lowest BCUT2D eigenvalue weighted by molar-refractivity contribution is -0.131. The normalized spacial score (nSPS) is 12.9. The molecule has 0 amide bonds. The molecule has 1 atom stereocenters. The van der Waals surface area contributed by atoms with Crippen LogP contribution in [0, 0.1) is 0 Å². The first kappa shape index (κ1) is 12.9. The van der Waals surface area contributed by atoms with Crippen LogP contribution >= 0.6 is 15.9 Å². The fourth-order valence-electron chi connectivity index (χ4n) is 1.34. The van der Waals surface area contributed by atoms with E-state index in [2.05, 4.69) is 21.2 Å². The van der Waals surface area contributed by atoms with E-state index in [1.54, 1.807) is 6.08 Å². The van der Waals surface area contributed by atoms with Crippen molar-refractivity contribution in [3.63, 3.8) is 0 Å². The SMILES string of the molecule is C[C@@H](NC/C=C/C(=O)O)c1ccccc1Br. The lowest BCUT2D eigenvalue weighted by atomic mass is 10.1. The number of benzene rings is 1. The highest BCUT2D eigenvalue weighted by molar-refractivity contribution is 9.10. The largest absolute Gasteiger partial charge is 0.478 e. The van der Waals surface area contributed by atoms with E-state index < -0.39 is 5.97 Å². The first-order chi connectivity index (χ1) is 7.61. The van der Waals surface area contributed by atoms with Crippen molar-refractivity contribution in [3.8, 4) is 0 Å². The minimum absolute atomic E-state index is 0.175. The van der Waals surface area contributed by atoms with Gasteiger partial charge in [0.2, 0.25) is 0 Å². The molecule has 0 saturated carbocycles. The molecule has 1 rings (SSSR count). The Kier molecular flexibility index (Phi) is 5.22. The Hall–Kier alpha value is -1.13. The molecule has 0 aliphatic rings. The van der Waals surface area contributed by atoms with E-state index in [4.69, 9.17) is 5.11 Å². The highest BCUT2D eigenvalue weighted by atomic mass is 79.9. The van der Waals surface area contributed by atoms with Gasteiger partial charge in [-0.3, -0.25) is 0 Å². The molecular weight excluding hydrogens is 270 g/mol. The van der Waals surface area contributed by atoms with Crippen LogP contribution in [0.4, 0.5) is 0 Å². The maximum absolute atomic E-state index is 10.2. The molecule has 0 heterocycles. The van der Waals surface area contributed by atoms with Crippen LogP contribution in [0.3, 0.4) is 0 Å². The topological polar surface area (TPSA) is 49.3 Å². The molecule has 4 heteroatoms. The van der Waals surface area contributed by atoms with Gasteiger partial charge in [0.05, 0.1) is 0 Å². The number of rotatable bonds is 5. The van der Waals surface area contributed by atoms with E-state index in [-0.39, 0.29) is 6.04 Å². The van der Waals surface area contributed by atoms with Gasteiger partial charge < -0.3 is 10.4 Å². The molecule has 0 unspecified atom stereocenters. The summed E-state index contributed by atoms with van der Waals surface area (Å²) in [6, 6.07) is 8.13. The molecular formula is C12H14BrNO2. The Labute approximate surface area is 103 Å². The molecule has 0 aliphatic carbocycles. The van der Waals surface area contributed by atoms with Crippen LogP contribution in [-0.2, 0) is 4.79 Å². The summed E-state index contributed by atoms with van der Waals surface area (Å²) < 4.78 is 1.05. The Morgan fingerprint density at radius 1 is 1.56 bits per heavy atom. The highest BCUT2D eigenvalue weighted by Crippen LogP contribution is 2.22. The van der Waals surface area contributed by atoms with Crippen LogP contribution in [0.15, 0.2) is 40.9 Å². The molecule has 2 N–H and O–H groups in total. The summed E-state index contributed by atoms with van der Waals surface area (Å²) in [5.41, 5.74) is 1.16. The molecule has 3 nitrogen and oxygen atoms in total. The van der Waals surface area contributed by atoms with Crippen LogP contribution in [0.5, 0.6) is 0 Å². The van der Waals surface area contributed by atoms with Gasteiger partial charge in [-0.25, -0.2) is 4.79 Å². The number of carboxylic acids is 1. The predicted molar refractivity (Wildman–Crippen MR) is 67.3 cm³/mol.